The minimum Gasteiger partial charge on any atom is -0.452 e. The second kappa shape index (κ2) is 6.95. The number of esters is 1. The quantitative estimate of drug-likeness (QED) is 0.812. The molecule has 0 bridgehead atoms. The summed E-state index contributed by atoms with van der Waals surface area (Å²) < 4.78 is 5.82. The van der Waals surface area contributed by atoms with Crippen molar-refractivity contribution in [2.24, 2.45) is 0 Å². The summed E-state index contributed by atoms with van der Waals surface area (Å²) in [5.74, 6) is -0.260. The van der Waals surface area contributed by atoms with Gasteiger partial charge >= 0.3 is 5.97 Å². The molecule has 0 unspecified atom stereocenters. The molecule has 22 heavy (non-hydrogen) atoms. The number of rotatable bonds is 3. The third kappa shape index (κ3) is 3.16. The van der Waals surface area contributed by atoms with Gasteiger partial charge in [-0.05, 0) is 43.8 Å². The van der Waals surface area contributed by atoms with Gasteiger partial charge in [-0.3, -0.25) is 0 Å². The van der Waals surface area contributed by atoms with E-state index in [0.29, 0.717) is 5.56 Å². The highest BCUT2D eigenvalue weighted by molar-refractivity contribution is 5.89. The summed E-state index contributed by atoms with van der Waals surface area (Å²) in [6.07, 6.45) is 0.708. The van der Waals surface area contributed by atoms with E-state index in [4.69, 9.17) is 4.74 Å². The summed E-state index contributed by atoms with van der Waals surface area (Å²) in [6, 6.07) is 17.6. The number of likely N-dealkylation sites (N-methyl/N-ethyl adjacent to an activating group) is 1. The molecule has 2 aromatic rings. The zero-order valence-electron chi connectivity index (χ0n) is 12.7. The van der Waals surface area contributed by atoms with Crippen LogP contribution in [0.1, 0.15) is 27.6 Å². The molecule has 0 heterocycles. The van der Waals surface area contributed by atoms with Crippen LogP contribution in [0, 0.1) is 0 Å². The molecule has 0 aliphatic heterocycles. The molecule has 2 aromatic carbocycles. The number of hydrogen-bond acceptors (Lipinski definition) is 3. The molecule has 3 rings (SSSR count). The fourth-order valence-corrected chi connectivity index (χ4v) is 2.89. The van der Waals surface area contributed by atoms with Crippen LogP contribution in [0.5, 0.6) is 0 Å². The van der Waals surface area contributed by atoms with E-state index in [2.05, 4.69) is 17.0 Å². The number of ether oxygens (including phenoxy) is 1. The van der Waals surface area contributed by atoms with E-state index in [1.54, 1.807) is 12.1 Å². The summed E-state index contributed by atoms with van der Waals surface area (Å²) in [7, 11) is 4.06. The number of nitrogens with zero attached hydrogens (tertiary/aromatic N) is 1. The zero-order valence-corrected chi connectivity index (χ0v) is 13.5. The predicted molar refractivity (Wildman–Crippen MR) is 89.5 cm³/mol. The van der Waals surface area contributed by atoms with Gasteiger partial charge in [-0.2, -0.15) is 0 Å². The molecule has 0 saturated heterocycles. The summed E-state index contributed by atoms with van der Waals surface area (Å²) >= 11 is 0. The van der Waals surface area contributed by atoms with Crippen LogP contribution in [-0.4, -0.2) is 31.0 Å². The van der Waals surface area contributed by atoms with E-state index in [1.807, 2.05) is 44.4 Å². The van der Waals surface area contributed by atoms with Gasteiger partial charge in [0.15, 0.2) is 0 Å². The van der Waals surface area contributed by atoms with Crippen molar-refractivity contribution in [3.63, 3.8) is 0 Å². The number of halogens is 1. The minimum atomic E-state index is -0.260. The van der Waals surface area contributed by atoms with Crippen LogP contribution in [-0.2, 0) is 11.2 Å². The van der Waals surface area contributed by atoms with E-state index in [1.165, 1.54) is 5.56 Å². The van der Waals surface area contributed by atoms with Crippen LogP contribution in [0.3, 0.4) is 0 Å². The molecule has 116 valence electrons. The summed E-state index contributed by atoms with van der Waals surface area (Å²) in [5.41, 5.74) is 2.99. The van der Waals surface area contributed by atoms with Gasteiger partial charge in [0.05, 0.1) is 11.6 Å². The molecule has 0 spiro atoms. The number of carbonyl (C=O) groups excluding carboxylic acids is 1. The van der Waals surface area contributed by atoms with Crippen molar-refractivity contribution in [3.05, 3.63) is 71.3 Å². The first kappa shape index (κ1) is 16.5. The number of carbonyl (C=O) groups is 1. The van der Waals surface area contributed by atoms with Crippen LogP contribution in [0.2, 0.25) is 0 Å². The maximum atomic E-state index is 12.3. The van der Waals surface area contributed by atoms with Crippen LogP contribution in [0.25, 0.3) is 0 Å². The average Bonchev–Trinajstić information content (AvgIpc) is 2.87. The van der Waals surface area contributed by atoms with Crippen LogP contribution < -0.4 is 0 Å². The second-order valence-corrected chi connectivity index (χ2v) is 5.63. The molecule has 0 amide bonds. The summed E-state index contributed by atoms with van der Waals surface area (Å²) in [6.45, 7) is 0. The normalized spacial score (nSPS) is 19.4. The molecule has 0 aromatic heterocycles. The largest absolute Gasteiger partial charge is 0.452 e. The lowest BCUT2D eigenvalue weighted by Crippen LogP contribution is -2.34. The topological polar surface area (TPSA) is 29.5 Å². The summed E-state index contributed by atoms with van der Waals surface area (Å²) in [4.78, 5) is 14.5. The molecule has 0 N–H and O–H groups in total. The Morgan fingerprint density at radius 3 is 2.36 bits per heavy atom. The Kier molecular flexibility index (Phi) is 5.22. The highest BCUT2D eigenvalue weighted by Crippen LogP contribution is 2.36. The summed E-state index contributed by atoms with van der Waals surface area (Å²) in [5, 5.41) is 0. The van der Waals surface area contributed by atoms with Crippen molar-refractivity contribution >= 4 is 18.4 Å². The van der Waals surface area contributed by atoms with Gasteiger partial charge in [-0.15, -0.1) is 12.4 Å². The van der Waals surface area contributed by atoms with Crippen molar-refractivity contribution in [1.29, 1.82) is 0 Å². The van der Waals surface area contributed by atoms with Crippen LogP contribution in [0.15, 0.2) is 54.6 Å². The number of benzene rings is 2. The van der Waals surface area contributed by atoms with Gasteiger partial charge in [-0.1, -0.05) is 42.5 Å². The van der Waals surface area contributed by atoms with E-state index in [0.717, 1.165) is 12.0 Å². The van der Waals surface area contributed by atoms with Crippen LogP contribution >= 0.6 is 12.4 Å². The first-order chi connectivity index (χ1) is 10.2. The maximum absolute atomic E-state index is 12.3. The molecule has 1 aliphatic rings. The third-order valence-corrected chi connectivity index (χ3v) is 4.05. The first-order valence-electron chi connectivity index (χ1n) is 7.17. The highest BCUT2D eigenvalue weighted by Gasteiger charge is 2.36. The Hall–Kier alpha value is -1.84. The lowest BCUT2D eigenvalue weighted by molar-refractivity contribution is 0.0108. The molecule has 0 radical (unpaired) electrons. The fraction of sp³-hybridized carbons (Fsp3) is 0.278. The second-order valence-electron chi connectivity index (χ2n) is 5.63. The van der Waals surface area contributed by atoms with Crippen molar-refractivity contribution in [2.45, 2.75) is 18.6 Å². The molecule has 0 saturated carbocycles. The Morgan fingerprint density at radius 2 is 1.68 bits per heavy atom. The number of hydrogen-bond donors (Lipinski definition) is 0. The Morgan fingerprint density at radius 1 is 1.05 bits per heavy atom. The van der Waals surface area contributed by atoms with Crippen LogP contribution in [0.4, 0.5) is 0 Å². The fourth-order valence-electron chi connectivity index (χ4n) is 2.89. The predicted octanol–water partition coefficient (Wildman–Crippen LogP) is 3.49. The zero-order chi connectivity index (χ0) is 14.8. The maximum Gasteiger partial charge on any atom is 0.338 e. The molecular formula is C18H20ClNO2. The third-order valence-electron chi connectivity index (χ3n) is 4.05. The van der Waals surface area contributed by atoms with Gasteiger partial charge in [0.25, 0.3) is 0 Å². The van der Waals surface area contributed by atoms with Gasteiger partial charge in [0.1, 0.15) is 6.10 Å². The van der Waals surface area contributed by atoms with E-state index in [9.17, 15) is 4.79 Å². The van der Waals surface area contributed by atoms with Gasteiger partial charge < -0.3 is 9.64 Å². The van der Waals surface area contributed by atoms with Crippen molar-refractivity contribution < 1.29 is 9.53 Å². The Balaban J connectivity index is 0.00000176. The monoisotopic (exact) mass is 317 g/mol. The lowest BCUT2D eigenvalue weighted by Gasteiger charge is -2.26. The number of fused-ring (bicyclic) bond motifs is 1. The van der Waals surface area contributed by atoms with Gasteiger partial charge in [-0.25, -0.2) is 4.79 Å². The average molecular weight is 318 g/mol. The first-order valence-corrected chi connectivity index (χ1v) is 7.17. The van der Waals surface area contributed by atoms with E-state index >= 15 is 0 Å². The van der Waals surface area contributed by atoms with Crippen molar-refractivity contribution in [2.75, 3.05) is 14.1 Å². The standard InChI is InChI=1S/C18H19NO2.ClH/c1-19(2)16-12-14-10-6-7-11-15(14)17(16)21-18(20)13-8-4-3-5-9-13;/h3-11,16-17H,12H2,1-2H3;1H/t16-,17-;/m1./s1. The molecule has 4 heteroatoms. The molecule has 3 nitrogen and oxygen atoms in total. The Bertz CT molecular complexity index is 643. The smallest absolute Gasteiger partial charge is 0.338 e. The lowest BCUT2D eigenvalue weighted by atomic mass is 10.1. The van der Waals surface area contributed by atoms with Gasteiger partial charge in [0, 0.05) is 0 Å². The molecule has 0 fully saturated rings. The molecule has 1 aliphatic carbocycles. The van der Waals surface area contributed by atoms with Crippen molar-refractivity contribution in [3.8, 4) is 0 Å². The molecular weight excluding hydrogens is 298 g/mol. The Labute approximate surface area is 137 Å². The van der Waals surface area contributed by atoms with Crippen molar-refractivity contribution in [1.82, 2.24) is 4.90 Å². The molecule has 2 atom stereocenters. The minimum absolute atomic E-state index is 0. The highest BCUT2D eigenvalue weighted by atomic mass is 35.5. The SMILES string of the molecule is CN(C)[C@@H]1Cc2ccccc2[C@H]1OC(=O)c1ccccc1.Cl. The van der Waals surface area contributed by atoms with Gasteiger partial charge in [0.2, 0.25) is 0 Å². The van der Waals surface area contributed by atoms with E-state index in [-0.39, 0.29) is 30.5 Å². The van der Waals surface area contributed by atoms with E-state index < -0.39 is 0 Å².